The molecule has 0 bridgehead atoms. The number of nitrogens with zero attached hydrogens (tertiary/aromatic N) is 1. The Bertz CT molecular complexity index is 1280. The van der Waals surface area contributed by atoms with Gasteiger partial charge < -0.3 is 18.9 Å². The van der Waals surface area contributed by atoms with Gasteiger partial charge in [0.2, 0.25) is 0 Å². The number of benzene rings is 3. The summed E-state index contributed by atoms with van der Waals surface area (Å²) in [5.74, 6) is 0.914. The van der Waals surface area contributed by atoms with Crippen molar-refractivity contribution in [1.82, 2.24) is 4.90 Å². The molecule has 2 aliphatic heterocycles. The summed E-state index contributed by atoms with van der Waals surface area (Å²) in [4.78, 5) is 26.2. The molecule has 0 aromatic heterocycles. The van der Waals surface area contributed by atoms with E-state index in [2.05, 4.69) is 21.8 Å². The first-order chi connectivity index (χ1) is 16.5. The van der Waals surface area contributed by atoms with Gasteiger partial charge in [0.1, 0.15) is 5.75 Å². The molecule has 0 radical (unpaired) electrons. The Morgan fingerprint density at radius 2 is 1.59 bits per heavy atom. The molecule has 7 heteroatoms. The summed E-state index contributed by atoms with van der Waals surface area (Å²) in [7, 11) is 4.59. The van der Waals surface area contributed by atoms with Crippen molar-refractivity contribution in [3.63, 3.8) is 0 Å². The van der Waals surface area contributed by atoms with E-state index in [9.17, 15) is 9.59 Å². The van der Waals surface area contributed by atoms with E-state index in [1.165, 1.54) is 36.5 Å². The molecule has 178 valence electrons. The lowest BCUT2D eigenvalue weighted by Crippen LogP contribution is -2.35. The zero-order chi connectivity index (χ0) is 23.8. The second kappa shape index (κ2) is 9.14. The van der Waals surface area contributed by atoms with Gasteiger partial charge in [-0.25, -0.2) is 0 Å². The van der Waals surface area contributed by atoms with Gasteiger partial charge in [-0.3, -0.25) is 14.5 Å². The van der Waals surface area contributed by atoms with Crippen LogP contribution in [0.5, 0.6) is 17.2 Å². The lowest BCUT2D eigenvalue weighted by Gasteiger charge is -2.33. The summed E-state index contributed by atoms with van der Waals surface area (Å²) in [5.41, 5.74) is 2.70. The molecule has 2 aliphatic rings. The monoisotopic (exact) mass is 463 g/mol. The second-order valence-corrected chi connectivity index (χ2v) is 8.94. The zero-order valence-electron chi connectivity index (χ0n) is 19.8. The highest BCUT2D eigenvalue weighted by Crippen LogP contribution is 2.44. The Labute approximate surface area is 198 Å². The average Bonchev–Trinajstić information content (AvgIpc) is 3.33. The molecule has 0 unspecified atom stereocenters. The largest absolute Gasteiger partial charge is 0.493 e. The molecule has 7 nitrogen and oxygen atoms in total. The lowest BCUT2D eigenvalue weighted by molar-refractivity contribution is -0.144. The van der Waals surface area contributed by atoms with Crippen LogP contribution in [0.3, 0.4) is 0 Å². The molecule has 3 aromatic rings. The third-order valence-electron chi connectivity index (χ3n) is 7.11. The predicted molar refractivity (Wildman–Crippen MR) is 129 cm³/mol. The maximum absolute atomic E-state index is 12.3. The molecule has 0 saturated carbocycles. The average molecular weight is 464 g/mol. The van der Waals surface area contributed by atoms with Crippen molar-refractivity contribution < 1.29 is 28.5 Å². The van der Waals surface area contributed by atoms with Crippen molar-refractivity contribution in [2.45, 2.75) is 44.7 Å². The molecule has 0 aliphatic carbocycles. The maximum atomic E-state index is 12.3. The first-order valence-corrected chi connectivity index (χ1v) is 11.7. The van der Waals surface area contributed by atoms with Crippen molar-refractivity contribution in [2.24, 2.45) is 0 Å². The fraction of sp³-hybridized carbons (Fsp3) is 0.407. The van der Waals surface area contributed by atoms with Gasteiger partial charge in [-0.15, -0.1) is 0 Å². The minimum absolute atomic E-state index is 0.00572. The lowest BCUT2D eigenvalue weighted by atomic mass is 9.85. The summed E-state index contributed by atoms with van der Waals surface area (Å²) >= 11 is 0. The molecule has 1 atom stereocenters. The number of esters is 2. The number of hydrogen-bond acceptors (Lipinski definition) is 7. The second-order valence-electron chi connectivity index (χ2n) is 8.94. The summed E-state index contributed by atoms with van der Waals surface area (Å²) in [6.45, 7) is 2.06. The topological polar surface area (TPSA) is 74.3 Å². The van der Waals surface area contributed by atoms with E-state index in [0.29, 0.717) is 23.3 Å². The molecular weight excluding hydrogens is 434 g/mol. The Morgan fingerprint density at radius 1 is 0.882 bits per heavy atom. The van der Waals surface area contributed by atoms with Crippen LogP contribution >= 0.6 is 0 Å². The zero-order valence-corrected chi connectivity index (χ0v) is 19.8. The number of carbonyl (C=O) groups is 2. The first kappa shape index (κ1) is 22.5. The Balaban J connectivity index is 1.63. The third-order valence-corrected chi connectivity index (χ3v) is 7.11. The van der Waals surface area contributed by atoms with E-state index in [1.807, 2.05) is 18.2 Å². The van der Waals surface area contributed by atoms with Gasteiger partial charge >= 0.3 is 11.9 Å². The molecular formula is C27H29NO6. The van der Waals surface area contributed by atoms with Gasteiger partial charge in [0.05, 0.1) is 34.2 Å². The van der Waals surface area contributed by atoms with Gasteiger partial charge in [-0.2, -0.15) is 0 Å². The smallest absolute Gasteiger partial charge is 0.311 e. The summed E-state index contributed by atoms with van der Waals surface area (Å²) < 4.78 is 21.4. The maximum Gasteiger partial charge on any atom is 0.311 e. The summed E-state index contributed by atoms with van der Waals surface area (Å²) in [6, 6.07) is 10.5. The van der Waals surface area contributed by atoms with Crippen molar-refractivity contribution >= 4 is 33.5 Å². The predicted octanol–water partition coefficient (Wildman–Crippen LogP) is 4.39. The van der Waals surface area contributed by atoms with Gasteiger partial charge in [0.15, 0.2) is 11.5 Å². The minimum atomic E-state index is -0.465. The number of fused-ring (bicyclic) bond motifs is 7. The number of rotatable bonds is 6. The minimum Gasteiger partial charge on any atom is -0.493 e. The van der Waals surface area contributed by atoms with E-state index in [0.717, 1.165) is 35.7 Å². The van der Waals surface area contributed by atoms with Crippen molar-refractivity contribution in [3.8, 4) is 17.2 Å². The van der Waals surface area contributed by atoms with Crippen LogP contribution < -0.4 is 14.2 Å². The number of ether oxygens (including phenoxy) is 4. The van der Waals surface area contributed by atoms with Crippen LogP contribution in [-0.4, -0.2) is 50.8 Å². The van der Waals surface area contributed by atoms with E-state index in [4.69, 9.17) is 14.2 Å². The van der Waals surface area contributed by atoms with Crippen LogP contribution in [0, 0.1) is 0 Å². The molecule has 0 spiro atoms. The van der Waals surface area contributed by atoms with Crippen molar-refractivity contribution in [3.05, 3.63) is 41.5 Å². The highest BCUT2D eigenvalue weighted by atomic mass is 16.5. The van der Waals surface area contributed by atoms with E-state index >= 15 is 0 Å². The first-order valence-electron chi connectivity index (χ1n) is 11.7. The third kappa shape index (κ3) is 3.94. The quantitative estimate of drug-likeness (QED) is 0.305. The standard InChI is InChI=1S/C27H29NO6/c1-31-24-13-21-20-12-17(34-27(30)9-8-26(29)33-3)6-7-18(20)19-11-16-5-4-10-28(16)15-23(19)22(21)14-25(24)32-2/h6-7,12-14,16H,4-5,8-11,15H2,1-3H3/t16-/m0/s1. The van der Waals surface area contributed by atoms with E-state index in [1.54, 1.807) is 14.2 Å². The Kier molecular flexibility index (Phi) is 6.04. The van der Waals surface area contributed by atoms with Crippen LogP contribution in [0.15, 0.2) is 30.3 Å². The molecule has 0 amide bonds. The molecule has 0 N–H and O–H groups in total. The van der Waals surface area contributed by atoms with Crippen LogP contribution in [0.2, 0.25) is 0 Å². The molecule has 1 saturated heterocycles. The highest BCUT2D eigenvalue weighted by molar-refractivity contribution is 6.12. The van der Waals surface area contributed by atoms with Crippen LogP contribution in [-0.2, 0) is 27.3 Å². The van der Waals surface area contributed by atoms with Crippen molar-refractivity contribution in [2.75, 3.05) is 27.9 Å². The van der Waals surface area contributed by atoms with E-state index in [-0.39, 0.29) is 12.8 Å². The molecule has 34 heavy (non-hydrogen) atoms. The number of methoxy groups -OCH3 is 3. The van der Waals surface area contributed by atoms with Crippen LogP contribution in [0.1, 0.15) is 36.8 Å². The number of carbonyl (C=O) groups excluding carboxylic acids is 2. The molecule has 5 rings (SSSR count). The van der Waals surface area contributed by atoms with Crippen molar-refractivity contribution in [1.29, 1.82) is 0 Å². The molecule has 2 heterocycles. The van der Waals surface area contributed by atoms with Crippen LogP contribution in [0.25, 0.3) is 21.5 Å². The molecule has 3 aromatic carbocycles. The summed E-state index contributed by atoms with van der Waals surface area (Å²) in [6.07, 6.45) is 3.43. The normalized spacial score (nSPS) is 17.3. The Morgan fingerprint density at radius 3 is 2.32 bits per heavy atom. The van der Waals surface area contributed by atoms with Gasteiger partial charge in [0.25, 0.3) is 0 Å². The van der Waals surface area contributed by atoms with E-state index < -0.39 is 11.9 Å². The van der Waals surface area contributed by atoms with Crippen LogP contribution in [0.4, 0.5) is 0 Å². The van der Waals surface area contributed by atoms with Gasteiger partial charge in [-0.1, -0.05) is 6.07 Å². The summed E-state index contributed by atoms with van der Waals surface area (Å²) in [5, 5.41) is 4.37. The fourth-order valence-electron chi connectivity index (χ4n) is 5.43. The molecule has 1 fully saturated rings. The highest BCUT2D eigenvalue weighted by Gasteiger charge is 2.32. The number of hydrogen-bond donors (Lipinski definition) is 0. The fourth-order valence-corrected chi connectivity index (χ4v) is 5.43. The SMILES string of the molecule is COC(=O)CCC(=O)Oc1ccc2c3c(c4cc(OC)c(OC)cc4c2c1)CN1CCC[C@H]1C3. The van der Waals surface area contributed by atoms with Gasteiger partial charge in [0, 0.05) is 12.6 Å². The van der Waals surface area contributed by atoms with Gasteiger partial charge in [-0.05, 0) is 82.7 Å². The Hall–Kier alpha value is -3.32.